The molecule has 2 aliphatic heterocycles. The van der Waals surface area contributed by atoms with Crippen LogP contribution in [0, 0.1) is 0 Å². The summed E-state index contributed by atoms with van der Waals surface area (Å²) in [4.78, 5) is 41.9. The zero-order chi connectivity index (χ0) is 18.0. The molecule has 6 nitrogen and oxygen atoms in total. The van der Waals surface area contributed by atoms with E-state index in [4.69, 9.17) is 0 Å². The van der Waals surface area contributed by atoms with Gasteiger partial charge in [-0.2, -0.15) is 0 Å². The molecule has 0 saturated carbocycles. The molecule has 2 heterocycles. The summed E-state index contributed by atoms with van der Waals surface area (Å²) in [6.45, 7) is 1.26. The molecule has 0 radical (unpaired) electrons. The van der Waals surface area contributed by atoms with Gasteiger partial charge in [-0.05, 0) is 48.4 Å². The maximum absolute atomic E-state index is 12.5. The van der Waals surface area contributed by atoms with Crippen molar-refractivity contribution < 1.29 is 14.4 Å². The van der Waals surface area contributed by atoms with Gasteiger partial charge in [0.25, 0.3) is 11.1 Å². The Morgan fingerprint density at radius 2 is 1.80 bits per heavy atom. The molecule has 3 rings (SSSR count). The van der Waals surface area contributed by atoms with Crippen molar-refractivity contribution in [2.75, 3.05) is 38.6 Å². The van der Waals surface area contributed by atoms with Crippen molar-refractivity contribution in [3.05, 3.63) is 34.7 Å². The van der Waals surface area contributed by atoms with Gasteiger partial charge in [0.15, 0.2) is 0 Å². The van der Waals surface area contributed by atoms with E-state index in [0.717, 1.165) is 40.8 Å². The summed E-state index contributed by atoms with van der Waals surface area (Å²) < 4.78 is 0. The summed E-state index contributed by atoms with van der Waals surface area (Å²) in [6, 6.07) is 7.71. The van der Waals surface area contributed by atoms with E-state index in [-0.39, 0.29) is 23.6 Å². The van der Waals surface area contributed by atoms with Gasteiger partial charge in [-0.25, -0.2) is 0 Å². The molecule has 3 amide bonds. The number of carbonyl (C=O) groups excluding carboxylic acids is 3. The van der Waals surface area contributed by atoms with Gasteiger partial charge < -0.3 is 9.80 Å². The van der Waals surface area contributed by atoms with Crippen LogP contribution in [0.1, 0.15) is 18.4 Å². The van der Waals surface area contributed by atoms with Gasteiger partial charge in [0.05, 0.1) is 4.91 Å². The summed E-state index contributed by atoms with van der Waals surface area (Å²) in [6.07, 6.45) is 3.66. The Balaban J connectivity index is 1.70. The molecule has 132 valence electrons. The van der Waals surface area contributed by atoms with Crippen LogP contribution >= 0.6 is 11.8 Å². The fourth-order valence-corrected chi connectivity index (χ4v) is 3.70. The Kier molecular flexibility index (Phi) is 5.13. The Morgan fingerprint density at radius 1 is 1.16 bits per heavy atom. The molecule has 0 N–H and O–H groups in total. The van der Waals surface area contributed by atoms with Crippen LogP contribution in [0.2, 0.25) is 0 Å². The average molecular weight is 359 g/mol. The number of nitrogens with zero attached hydrogens (tertiary/aromatic N) is 3. The molecule has 1 aromatic carbocycles. The summed E-state index contributed by atoms with van der Waals surface area (Å²) >= 11 is 0.889. The van der Waals surface area contributed by atoms with E-state index in [0.29, 0.717) is 18.0 Å². The van der Waals surface area contributed by atoms with Crippen LogP contribution in [-0.4, -0.2) is 60.6 Å². The SMILES string of the molecule is CN(C)c1ccc(/C=C2\SC(=O)N(CC(=O)N3CCCC3)C2=O)cc1. The number of imide groups is 1. The standard InChI is InChI=1S/C18H21N3O3S/c1-19(2)14-7-5-13(6-8-14)11-15-17(23)21(18(24)25-15)12-16(22)20-9-3-4-10-20/h5-8,11H,3-4,9-10,12H2,1-2H3/b15-11-. The molecule has 25 heavy (non-hydrogen) atoms. The lowest BCUT2D eigenvalue weighted by Crippen LogP contribution is -2.40. The number of thioether (sulfide) groups is 1. The van der Waals surface area contributed by atoms with Crippen LogP contribution in [0.4, 0.5) is 10.5 Å². The zero-order valence-corrected chi connectivity index (χ0v) is 15.2. The fourth-order valence-electron chi connectivity index (χ4n) is 2.86. The topological polar surface area (TPSA) is 60.9 Å². The highest BCUT2D eigenvalue weighted by atomic mass is 32.2. The lowest BCUT2D eigenvalue weighted by Gasteiger charge is -2.18. The minimum atomic E-state index is -0.390. The predicted octanol–water partition coefficient (Wildman–Crippen LogP) is 2.41. The first-order chi connectivity index (χ1) is 12.0. The van der Waals surface area contributed by atoms with Crippen molar-refractivity contribution in [3.63, 3.8) is 0 Å². The first-order valence-electron chi connectivity index (χ1n) is 8.26. The highest BCUT2D eigenvalue weighted by molar-refractivity contribution is 8.18. The number of amides is 3. The highest BCUT2D eigenvalue weighted by Gasteiger charge is 2.37. The van der Waals surface area contributed by atoms with Gasteiger partial charge >= 0.3 is 0 Å². The molecule has 2 aliphatic rings. The lowest BCUT2D eigenvalue weighted by molar-refractivity contribution is -0.135. The van der Waals surface area contributed by atoms with E-state index in [9.17, 15) is 14.4 Å². The molecule has 0 aromatic heterocycles. The van der Waals surface area contributed by atoms with Crippen LogP contribution in [0.15, 0.2) is 29.2 Å². The number of rotatable bonds is 4. The molecule has 0 bridgehead atoms. The Morgan fingerprint density at radius 3 is 2.40 bits per heavy atom. The largest absolute Gasteiger partial charge is 0.378 e. The monoisotopic (exact) mass is 359 g/mol. The average Bonchev–Trinajstić information content (AvgIpc) is 3.20. The summed E-state index contributed by atoms with van der Waals surface area (Å²) in [7, 11) is 3.91. The van der Waals surface area contributed by atoms with E-state index >= 15 is 0 Å². The molecular weight excluding hydrogens is 338 g/mol. The molecule has 2 saturated heterocycles. The molecule has 7 heteroatoms. The summed E-state index contributed by atoms with van der Waals surface area (Å²) in [5, 5.41) is -0.381. The van der Waals surface area contributed by atoms with Gasteiger partial charge in [-0.15, -0.1) is 0 Å². The van der Waals surface area contributed by atoms with Crippen molar-refractivity contribution >= 4 is 40.6 Å². The maximum atomic E-state index is 12.5. The fraction of sp³-hybridized carbons (Fsp3) is 0.389. The first kappa shape index (κ1) is 17.5. The Hall–Kier alpha value is -2.28. The predicted molar refractivity (Wildman–Crippen MR) is 99.3 cm³/mol. The number of hydrogen-bond donors (Lipinski definition) is 0. The van der Waals surface area contributed by atoms with E-state index < -0.39 is 0 Å². The van der Waals surface area contributed by atoms with E-state index in [1.165, 1.54) is 0 Å². The molecule has 2 fully saturated rings. The van der Waals surface area contributed by atoms with Gasteiger partial charge in [0.2, 0.25) is 5.91 Å². The third-order valence-electron chi connectivity index (χ3n) is 4.33. The number of likely N-dealkylation sites (tertiary alicyclic amines) is 1. The second kappa shape index (κ2) is 7.31. The van der Waals surface area contributed by atoms with Gasteiger partial charge in [-0.3, -0.25) is 19.3 Å². The quantitative estimate of drug-likeness (QED) is 0.773. The van der Waals surface area contributed by atoms with Crippen LogP contribution in [0.5, 0.6) is 0 Å². The third-order valence-corrected chi connectivity index (χ3v) is 5.24. The lowest BCUT2D eigenvalue weighted by atomic mass is 10.2. The van der Waals surface area contributed by atoms with E-state index in [1.807, 2.05) is 43.3 Å². The summed E-state index contributed by atoms with van der Waals surface area (Å²) in [5.74, 6) is -0.546. The minimum Gasteiger partial charge on any atom is -0.378 e. The van der Waals surface area contributed by atoms with Crippen LogP contribution < -0.4 is 4.90 Å². The molecule has 0 atom stereocenters. The van der Waals surface area contributed by atoms with Crippen molar-refractivity contribution in [1.29, 1.82) is 0 Å². The minimum absolute atomic E-state index is 0.156. The maximum Gasteiger partial charge on any atom is 0.294 e. The van der Waals surface area contributed by atoms with E-state index in [2.05, 4.69) is 0 Å². The zero-order valence-electron chi connectivity index (χ0n) is 14.4. The second-order valence-electron chi connectivity index (χ2n) is 6.34. The van der Waals surface area contributed by atoms with Crippen LogP contribution in [-0.2, 0) is 9.59 Å². The first-order valence-corrected chi connectivity index (χ1v) is 9.08. The van der Waals surface area contributed by atoms with Gasteiger partial charge in [0, 0.05) is 32.9 Å². The molecule has 0 spiro atoms. The third kappa shape index (κ3) is 3.87. The Labute approximate surface area is 151 Å². The number of anilines is 1. The van der Waals surface area contributed by atoms with Crippen molar-refractivity contribution in [1.82, 2.24) is 9.80 Å². The molecule has 0 aliphatic carbocycles. The molecule has 0 unspecified atom stereocenters. The normalized spacial score (nSPS) is 19.2. The summed E-state index contributed by atoms with van der Waals surface area (Å²) in [5.41, 5.74) is 1.91. The second-order valence-corrected chi connectivity index (χ2v) is 7.33. The van der Waals surface area contributed by atoms with Crippen molar-refractivity contribution in [2.24, 2.45) is 0 Å². The molecular formula is C18H21N3O3S. The van der Waals surface area contributed by atoms with E-state index in [1.54, 1.807) is 11.0 Å². The van der Waals surface area contributed by atoms with Crippen LogP contribution in [0.25, 0.3) is 6.08 Å². The van der Waals surface area contributed by atoms with Crippen LogP contribution in [0.3, 0.4) is 0 Å². The Bertz CT molecular complexity index is 722. The van der Waals surface area contributed by atoms with Crippen molar-refractivity contribution in [2.45, 2.75) is 12.8 Å². The number of hydrogen-bond acceptors (Lipinski definition) is 5. The van der Waals surface area contributed by atoms with Crippen molar-refractivity contribution in [3.8, 4) is 0 Å². The highest BCUT2D eigenvalue weighted by Crippen LogP contribution is 2.32. The smallest absolute Gasteiger partial charge is 0.294 e. The number of carbonyl (C=O) groups is 3. The van der Waals surface area contributed by atoms with Gasteiger partial charge in [-0.1, -0.05) is 12.1 Å². The number of benzene rings is 1. The molecule has 1 aromatic rings. The van der Waals surface area contributed by atoms with Gasteiger partial charge in [0.1, 0.15) is 6.54 Å².